The predicted octanol–water partition coefficient (Wildman–Crippen LogP) is -0.245. The Kier molecular flexibility index (Phi) is 7.62. The molecule has 0 aliphatic rings. The van der Waals surface area contributed by atoms with Crippen LogP contribution >= 0.6 is 7.82 Å². The van der Waals surface area contributed by atoms with Crippen molar-refractivity contribution in [3.8, 4) is 0 Å². The molecule has 92 valence electrons. The quantitative estimate of drug-likeness (QED) is 0.201. The lowest BCUT2D eigenvalue weighted by Crippen LogP contribution is -2.10. The highest BCUT2D eigenvalue weighted by Gasteiger charge is 2.13. The highest BCUT2D eigenvalue weighted by Crippen LogP contribution is 2.35. The summed E-state index contributed by atoms with van der Waals surface area (Å²) in [6.45, 7) is -0.416. The minimum Gasteiger partial charge on any atom is -0.463 e. The summed E-state index contributed by atoms with van der Waals surface area (Å²) in [4.78, 5) is 40.4. The van der Waals surface area contributed by atoms with E-state index in [-0.39, 0.29) is 26.2 Å². The van der Waals surface area contributed by atoms with Gasteiger partial charge < -0.3 is 14.5 Å². The molecule has 0 aromatic rings. The fraction of sp³-hybridized carbons (Fsp3) is 0.714. The van der Waals surface area contributed by atoms with Gasteiger partial charge in [0, 0.05) is 6.42 Å². The minimum atomic E-state index is -4.51. The van der Waals surface area contributed by atoms with E-state index < -0.39 is 13.8 Å². The second-order valence-corrected chi connectivity index (χ2v) is 3.86. The normalized spacial score (nSPS) is 10.6. The van der Waals surface area contributed by atoms with Crippen molar-refractivity contribution in [2.45, 2.75) is 12.8 Å². The molecule has 0 heterocycles. The number of hydrogen-bond acceptors (Lipinski definition) is 6. The number of phosphoric ester groups is 1. The molecule has 9 heteroatoms. The lowest BCUT2D eigenvalue weighted by molar-refractivity contribution is -0.144. The molecule has 0 aliphatic carbocycles. The predicted molar refractivity (Wildman–Crippen MR) is 51.2 cm³/mol. The summed E-state index contributed by atoms with van der Waals surface area (Å²) >= 11 is 0. The Labute approximate surface area is 91.5 Å². The van der Waals surface area contributed by atoms with E-state index in [0.29, 0.717) is 6.42 Å². The maximum Gasteiger partial charge on any atom is 0.469 e. The molecular weight excluding hydrogens is 241 g/mol. The molecule has 0 aromatic carbocycles. The second-order valence-electron chi connectivity index (χ2n) is 2.62. The molecular formula is C7H12NO7P. The van der Waals surface area contributed by atoms with E-state index in [2.05, 4.69) is 14.3 Å². The summed E-state index contributed by atoms with van der Waals surface area (Å²) < 4.78 is 18.8. The van der Waals surface area contributed by atoms with Crippen LogP contribution in [0, 0.1) is 0 Å². The van der Waals surface area contributed by atoms with Gasteiger partial charge in [-0.25, -0.2) is 14.4 Å². The number of isocyanates is 1. The molecule has 0 spiro atoms. The Morgan fingerprint density at radius 3 is 2.62 bits per heavy atom. The Bertz CT molecular complexity index is 306. The summed E-state index contributed by atoms with van der Waals surface area (Å²) in [5.41, 5.74) is 0. The number of hydrogen-bond donors (Lipinski definition) is 2. The molecule has 2 N–H and O–H groups in total. The third-order valence-corrected chi connectivity index (χ3v) is 1.84. The van der Waals surface area contributed by atoms with Crippen LogP contribution in [0.2, 0.25) is 0 Å². The van der Waals surface area contributed by atoms with Crippen molar-refractivity contribution < 1.29 is 33.2 Å². The standard InChI is InChI=1S/C7H12NO7P/c9-6-8-3-1-2-7(10)14-4-5-15-16(11,12)13/h1-5H2,(H2,11,12,13). The Morgan fingerprint density at radius 2 is 2.06 bits per heavy atom. The largest absolute Gasteiger partial charge is 0.469 e. The SMILES string of the molecule is O=C=NCCCC(=O)OCCOP(=O)(O)O. The third-order valence-electron chi connectivity index (χ3n) is 1.32. The van der Waals surface area contributed by atoms with E-state index in [1.807, 2.05) is 0 Å². The van der Waals surface area contributed by atoms with Crippen LogP contribution < -0.4 is 0 Å². The van der Waals surface area contributed by atoms with Gasteiger partial charge >= 0.3 is 13.8 Å². The number of ether oxygens (including phenoxy) is 1. The first-order chi connectivity index (χ1) is 7.45. The lowest BCUT2D eigenvalue weighted by atomic mass is 10.3. The zero-order valence-electron chi connectivity index (χ0n) is 8.37. The van der Waals surface area contributed by atoms with Gasteiger partial charge in [0.2, 0.25) is 6.08 Å². The highest BCUT2D eigenvalue weighted by molar-refractivity contribution is 7.46. The van der Waals surface area contributed by atoms with Gasteiger partial charge in [0.05, 0.1) is 13.2 Å². The molecule has 0 bridgehead atoms. The monoisotopic (exact) mass is 253 g/mol. The first-order valence-electron chi connectivity index (χ1n) is 4.35. The number of rotatable bonds is 8. The summed E-state index contributed by atoms with van der Waals surface area (Å²) in [7, 11) is -4.51. The number of esters is 1. The van der Waals surface area contributed by atoms with Crippen LogP contribution in [0.1, 0.15) is 12.8 Å². The molecule has 0 aliphatic heterocycles. The fourth-order valence-corrected chi connectivity index (χ4v) is 1.04. The van der Waals surface area contributed by atoms with Crippen molar-refractivity contribution in [2.75, 3.05) is 19.8 Å². The van der Waals surface area contributed by atoms with E-state index in [9.17, 15) is 14.2 Å². The van der Waals surface area contributed by atoms with Gasteiger partial charge in [-0.15, -0.1) is 0 Å². The average molecular weight is 253 g/mol. The van der Waals surface area contributed by atoms with Gasteiger partial charge in [0.25, 0.3) is 0 Å². The summed E-state index contributed by atoms with van der Waals surface area (Å²) in [5, 5.41) is 0. The maximum atomic E-state index is 10.9. The van der Waals surface area contributed by atoms with Gasteiger partial charge in [-0.2, -0.15) is 0 Å². The lowest BCUT2D eigenvalue weighted by Gasteiger charge is -2.05. The van der Waals surface area contributed by atoms with Crippen LogP contribution in [-0.2, 0) is 23.4 Å². The topological polar surface area (TPSA) is 122 Å². The van der Waals surface area contributed by atoms with Crippen molar-refractivity contribution in [2.24, 2.45) is 4.99 Å². The molecule has 8 nitrogen and oxygen atoms in total. The van der Waals surface area contributed by atoms with Gasteiger partial charge in [0.15, 0.2) is 0 Å². The number of carbonyl (C=O) groups excluding carboxylic acids is 2. The van der Waals surface area contributed by atoms with E-state index >= 15 is 0 Å². The van der Waals surface area contributed by atoms with Gasteiger partial charge in [-0.3, -0.25) is 9.32 Å². The van der Waals surface area contributed by atoms with E-state index in [1.165, 1.54) is 6.08 Å². The fourth-order valence-electron chi connectivity index (χ4n) is 0.732. The molecule has 0 unspecified atom stereocenters. The zero-order valence-corrected chi connectivity index (χ0v) is 9.26. The second kappa shape index (κ2) is 8.15. The van der Waals surface area contributed by atoms with Crippen molar-refractivity contribution in [3.63, 3.8) is 0 Å². The van der Waals surface area contributed by atoms with Crippen molar-refractivity contribution in [3.05, 3.63) is 0 Å². The Morgan fingerprint density at radius 1 is 1.38 bits per heavy atom. The Hall–Kier alpha value is -1.04. The number of phosphoric acid groups is 1. The van der Waals surface area contributed by atoms with Crippen molar-refractivity contribution in [1.82, 2.24) is 0 Å². The molecule has 0 saturated heterocycles. The highest BCUT2D eigenvalue weighted by atomic mass is 31.2. The van der Waals surface area contributed by atoms with Crippen molar-refractivity contribution in [1.29, 1.82) is 0 Å². The first kappa shape index (κ1) is 15.0. The zero-order chi connectivity index (χ0) is 12.4. The molecule has 0 saturated carbocycles. The molecule has 0 atom stereocenters. The number of aliphatic imine (C=N–C) groups is 1. The van der Waals surface area contributed by atoms with E-state index in [0.717, 1.165) is 0 Å². The number of nitrogens with zero attached hydrogens (tertiary/aromatic N) is 1. The minimum absolute atomic E-state index is 0.0705. The molecule has 0 radical (unpaired) electrons. The third kappa shape index (κ3) is 11.0. The summed E-state index contributed by atoms with van der Waals surface area (Å²) in [6, 6.07) is 0. The average Bonchev–Trinajstić information content (AvgIpc) is 2.18. The van der Waals surface area contributed by atoms with Crippen LogP contribution in [0.3, 0.4) is 0 Å². The van der Waals surface area contributed by atoms with Crippen molar-refractivity contribution >= 4 is 19.9 Å². The van der Waals surface area contributed by atoms with Crippen LogP contribution in [0.25, 0.3) is 0 Å². The molecule has 0 aromatic heterocycles. The van der Waals surface area contributed by atoms with Crippen LogP contribution in [-0.4, -0.2) is 41.6 Å². The van der Waals surface area contributed by atoms with Crippen LogP contribution in [0.5, 0.6) is 0 Å². The maximum absolute atomic E-state index is 10.9. The summed E-state index contributed by atoms with van der Waals surface area (Å²) in [6.07, 6.45) is 1.75. The van der Waals surface area contributed by atoms with Gasteiger partial charge in [-0.05, 0) is 6.42 Å². The molecule has 0 rings (SSSR count). The summed E-state index contributed by atoms with van der Waals surface area (Å²) in [5.74, 6) is -0.546. The van der Waals surface area contributed by atoms with Gasteiger partial charge in [-0.1, -0.05) is 0 Å². The van der Waals surface area contributed by atoms with Gasteiger partial charge in [0.1, 0.15) is 6.61 Å². The van der Waals surface area contributed by atoms with E-state index in [4.69, 9.17) is 9.79 Å². The molecule has 16 heavy (non-hydrogen) atoms. The molecule has 0 amide bonds. The molecule has 0 fully saturated rings. The first-order valence-corrected chi connectivity index (χ1v) is 5.88. The van der Waals surface area contributed by atoms with Crippen LogP contribution in [0.4, 0.5) is 0 Å². The Balaban J connectivity index is 3.44. The number of carbonyl (C=O) groups is 1. The van der Waals surface area contributed by atoms with E-state index in [1.54, 1.807) is 0 Å². The smallest absolute Gasteiger partial charge is 0.463 e. The van der Waals surface area contributed by atoms with Crippen LogP contribution in [0.15, 0.2) is 4.99 Å².